The second kappa shape index (κ2) is 10.5. The van der Waals surface area contributed by atoms with Crippen LogP contribution in [0.3, 0.4) is 0 Å². The molecule has 0 saturated heterocycles. The first kappa shape index (κ1) is 22.8. The summed E-state index contributed by atoms with van der Waals surface area (Å²) in [4.78, 5) is 21.2. The van der Waals surface area contributed by atoms with Crippen molar-refractivity contribution in [2.45, 2.75) is 6.92 Å². The minimum absolute atomic E-state index is 0.345. The van der Waals surface area contributed by atoms with Crippen LogP contribution in [0.4, 0.5) is 17.1 Å². The molecule has 0 spiro atoms. The largest absolute Gasteiger partial charge is 0.492 e. The average molecular weight is 470 g/mol. The first-order chi connectivity index (χ1) is 16.6. The second-order valence-corrected chi connectivity index (χ2v) is 7.60. The van der Waals surface area contributed by atoms with Gasteiger partial charge in [-0.1, -0.05) is 17.7 Å². The van der Waals surface area contributed by atoms with E-state index in [2.05, 4.69) is 26.7 Å². The molecular weight excluding hydrogens is 450 g/mol. The first-order valence-electron chi connectivity index (χ1n) is 10.5. The Morgan fingerprint density at radius 1 is 1.18 bits per heavy atom. The Morgan fingerprint density at radius 3 is 2.71 bits per heavy atom. The molecule has 168 valence electrons. The van der Waals surface area contributed by atoms with Gasteiger partial charge in [-0.05, 0) is 55.5 Å². The van der Waals surface area contributed by atoms with E-state index in [0.717, 1.165) is 5.69 Å². The van der Waals surface area contributed by atoms with E-state index in [1.807, 2.05) is 25.1 Å². The number of pyridine rings is 2. The van der Waals surface area contributed by atoms with Gasteiger partial charge >= 0.3 is 0 Å². The number of nitrogens with zero attached hydrogens (tertiary/aromatic N) is 3. The minimum atomic E-state index is -0.345. The quantitative estimate of drug-likeness (QED) is 0.324. The predicted molar refractivity (Wildman–Crippen MR) is 134 cm³/mol. The molecule has 0 aliphatic carbocycles. The number of benzene rings is 2. The van der Waals surface area contributed by atoms with Gasteiger partial charge in [0.1, 0.15) is 11.8 Å². The van der Waals surface area contributed by atoms with Gasteiger partial charge in [-0.15, -0.1) is 0 Å². The summed E-state index contributed by atoms with van der Waals surface area (Å²) >= 11 is 6.00. The number of halogens is 1. The van der Waals surface area contributed by atoms with E-state index in [9.17, 15) is 10.1 Å². The fourth-order valence-corrected chi connectivity index (χ4v) is 3.43. The van der Waals surface area contributed by atoms with Crippen LogP contribution in [0.15, 0.2) is 73.1 Å². The number of anilines is 3. The number of rotatable bonds is 7. The van der Waals surface area contributed by atoms with E-state index in [1.165, 1.54) is 12.3 Å². The van der Waals surface area contributed by atoms with Crippen LogP contribution in [0.25, 0.3) is 17.0 Å². The molecule has 0 unspecified atom stereocenters. The Hall–Kier alpha value is -4.41. The van der Waals surface area contributed by atoms with Crippen LogP contribution >= 0.6 is 11.6 Å². The third-order valence-corrected chi connectivity index (χ3v) is 5.11. The molecule has 2 aromatic heterocycles. The van der Waals surface area contributed by atoms with E-state index in [0.29, 0.717) is 50.9 Å². The highest BCUT2D eigenvalue weighted by atomic mass is 35.5. The van der Waals surface area contributed by atoms with Gasteiger partial charge in [0.05, 0.1) is 34.8 Å². The van der Waals surface area contributed by atoms with E-state index in [-0.39, 0.29) is 5.91 Å². The molecule has 4 rings (SSSR count). The molecule has 0 saturated carbocycles. The third-order valence-electron chi connectivity index (χ3n) is 4.85. The zero-order valence-corrected chi connectivity index (χ0v) is 19.0. The number of carbonyl (C=O) groups excluding carboxylic acids is 1. The van der Waals surface area contributed by atoms with Gasteiger partial charge in [0.15, 0.2) is 0 Å². The number of hydrogen-bond acceptors (Lipinski definition) is 6. The highest BCUT2D eigenvalue weighted by molar-refractivity contribution is 6.30. The van der Waals surface area contributed by atoms with Crippen molar-refractivity contribution in [3.05, 3.63) is 89.3 Å². The van der Waals surface area contributed by atoms with Gasteiger partial charge < -0.3 is 15.4 Å². The number of nitriles is 1. The summed E-state index contributed by atoms with van der Waals surface area (Å²) in [5, 5.41) is 17.1. The number of nitrogens with one attached hydrogen (secondary N) is 2. The molecule has 0 aliphatic rings. The molecule has 0 bridgehead atoms. The molecule has 2 heterocycles. The molecule has 7 nitrogen and oxygen atoms in total. The lowest BCUT2D eigenvalue weighted by Gasteiger charge is -2.16. The van der Waals surface area contributed by atoms with E-state index in [4.69, 9.17) is 16.3 Å². The standard InChI is InChI=1S/C26H20ClN5O2/c1-2-34-24-14-22-21(13-23(24)32-25(33)11-10-19-5-3-4-12-29-19)26(17(15-28)16-30-22)31-20-8-6-18(27)7-9-20/h3-14,16H,2H2,1H3,(H,30,31)(H,32,33)/b11-10+. The van der Waals surface area contributed by atoms with Crippen LogP contribution in [0.1, 0.15) is 18.2 Å². The van der Waals surface area contributed by atoms with Gasteiger partial charge in [0, 0.05) is 40.6 Å². The number of fused-ring (bicyclic) bond motifs is 1. The van der Waals surface area contributed by atoms with Crippen molar-refractivity contribution in [1.82, 2.24) is 9.97 Å². The van der Waals surface area contributed by atoms with Gasteiger partial charge in [-0.3, -0.25) is 14.8 Å². The molecule has 0 aliphatic heterocycles. The van der Waals surface area contributed by atoms with Gasteiger partial charge in [0.25, 0.3) is 0 Å². The maximum atomic E-state index is 12.6. The van der Waals surface area contributed by atoms with Crippen molar-refractivity contribution in [2.24, 2.45) is 0 Å². The molecule has 2 N–H and O–H groups in total. The number of ether oxygens (including phenoxy) is 1. The highest BCUT2D eigenvalue weighted by Gasteiger charge is 2.15. The number of aromatic nitrogens is 2. The summed E-state index contributed by atoms with van der Waals surface area (Å²) < 4.78 is 5.75. The van der Waals surface area contributed by atoms with Gasteiger partial charge in [-0.25, -0.2) is 0 Å². The lowest BCUT2D eigenvalue weighted by molar-refractivity contribution is -0.111. The summed E-state index contributed by atoms with van der Waals surface area (Å²) in [5.41, 5.74) is 3.42. The molecule has 0 radical (unpaired) electrons. The second-order valence-electron chi connectivity index (χ2n) is 7.17. The van der Waals surface area contributed by atoms with E-state index in [1.54, 1.807) is 48.7 Å². The lowest BCUT2D eigenvalue weighted by atomic mass is 10.1. The fraction of sp³-hybridized carbons (Fsp3) is 0.0769. The van der Waals surface area contributed by atoms with Crippen LogP contribution in [0.5, 0.6) is 5.75 Å². The predicted octanol–water partition coefficient (Wildman–Crippen LogP) is 5.95. The normalized spacial score (nSPS) is 10.7. The maximum absolute atomic E-state index is 12.6. The van der Waals surface area contributed by atoms with E-state index < -0.39 is 0 Å². The SMILES string of the molecule is CCOc1cc2ncc(C#N)c(Nc3ccc(Cl)cc3)c2cc1NC(=O)/C=C/c1ccccn1. The monoisotopic (exact) mass is 469 g/mol. The number of carbonyl (C=O) groups is 1. The molecule has 1 amide bonds. The Labute approximate surface area is 201 Å². The smallest absolute Gasteiger partial charge is 0.248 e. The molecule has 4 aromatic rings. The number of hydrogen-bond donors (Lipinski definition) is 2. The average Bonchev–Trinajstić information content (AvgIpc) is 2.85. The van der Waals surface area contributed by atoms with Crippen LogP contribution in [-0.4, -0.2) is 22.5 Å². The Morgan fingerprint density at radius 2 is 2.00 bits per heavy atom. The van der Waals surface area contributed by atoms with Crippen molar-refractivity contribution in [2.75, 3.05) is 17.2 Å². The van der Waals surface area contributed by atoms with Gasteiger partial charge in [0.2, 0.25) is 5.91 Å². The van der Waals surface area contributed by atoms with E-state index >= 15 is 0 Å². The zero-order valence-electron chi connectivity index (χ0n) is 18.2. The van der Waals surface area contributed by atoms with Crippen molar-refractivity contribution >= 4 is 51.5 Å². The lowest BCUT2D eigenvalue weighted by Crippen LogP contribution is -2.10. The van der Waals surface area contributed by atoms with Crippen molar-refractivity contribution in [3.63, 3.8) is 0 Å². The molecule has 0 fully saturated rings. The fourth-order valence-electron chi connectivity index (χ4n) is 3.30. The molecule has 2 aromatic carbocycles. The summed E-state index contributed by atoms with van der Waals surface area (Å²) in [6.45, 7) is 2.26. The van der Waals surface area contributed by atoms with Gasteiger partial charge in [-0.2, -0.15) is 5.26 Å². The summed E-state index contributed by atoms with van der Waals surface area (Å²) in [5.74, 6) is 0.131. The molecule has 0 atom stereocenters. The molecular formula is C26H20ClN5O2. The summed E-state index contributed by atoms with van der Waals surface area (Å²) in [6.07, 6.45) is 6.19. The number of amides is 1. The zero-order chi connectivity index (χ0) is 23.9. The van der Waals surface area contributed by atoms with Crippen molar-refractivity contribution in [1.29, 1.82) is 5.26 Å². The topological polar surface area (TPSA) is 99.9 Å². The van der Waals surface area contributed by atoms with Crippen LogP contribution < -0.4 is 15.4 Å². The Kier molecular flexibility index (Phi) is 7.01. The van der Waals surface area contributed by atoms with Crippen molar-refractivity contribution in [3.8, 4) is 11.8 Å². The first-order valence-corrected chi connectivity index (χ1v) is 10.9. The maximum Gasteiger partial charge on any atom is 0.248 e. The summed E-state index contributed by atoms with van der Waals surface area (Å²) in [6, 6.07) is 18.3. The Bertz CT molecular complexity index is 1400. The van der Waals surface area contributed by atoms with Crippen LogP contribution in [0.2, 0.25) is 5.02 Å². The molecule has 34 heavy (non-hydrogen) atoms. The van der Waals surface area contributed by atoms with Crippen LogP contribution in [-0.2, 0) is 4.79 Å². The third kappa shape index (κ3) is 5.31. The molecule has 8 heteroatoms. The minimum Gasteiger partial charge on any atom is -0.492 e. The highest BCUT2D eigenvalue weighted by Crippen LogP contribution is 2.36. The summed E-state index contributed by atoms with van der Waals surface area (Å²) in [7, 11) is 0. The van der Waals surface area contributed by atoms with Crippen molar-refractivity contribution < 1.29 is 9.53 Å². The van der Waals surface area contributed by atoms with Crippen LogP contribution in [0, 0.1) is 11.3 Å². The Balaban J connectivity index is 1.73.